The van der Waals surface area contributed by atoms with Crippen molar-refractivity contribution in [3.63, 3.8) is 0 Å². The molecule has 1 saturated heterocycles. The number of nitrogens with zero attached hydrogens (tertiary/aromatic N) is 1. The molecular weight excluding hydrogens is 244 g/mol. The molecule has 0 bridgehead atoms. The molecule has 19 heavy (non-hydrogen) atoms. The van der Waals surface area contributed by atoms with E-state index < -0.39 is 0 Å². The van der Waals surface area contributed by atoms with Crippen molar-refractivity contribution in [2.45, 2.75) is 12.5 Å². The van der Waals surface area contributed by atoms with Crippen molar-refractivity contribution in [3.8, 4) is 0 Å². The molecule has 1 aromatic rings. The minimum atomic E-state index is -0.123. The number of rotatable bonds is 4. The molecule has 1 aliphatic heterocycles. The largest absolute Gasteiger partial charge is 0.365 e. The Hall–Kier alpha value is -1.88. The van der Waals surface area contributed by atoms with Crippen LogP contribution in [0.3, 0.4) is 0 Å². The number of hydrogen-bond acceptors (Lipinski definition) is 3. The van der Waals surface area contributed by atoms with E-state index in [1.54, 1.807) is 11.9 Å². The van der Waals surface area contributed by atoms with Crippen LogP contribution >= 0.6 is 0 Å². The lowest BCUT2D eigenvalue weighted by Gasteiger charge is -2.29. The fourth-order valence-corrected chi connectivity index (χ4v) is 1.95. The second-order valence-electron chi connectivity index (χ2n) is 4.67. The van der Waals surface area contributed by atoms with Crippen molar-refractivity contribution >= 4 is 11.8 Å². The summed E-state index contributed by atoms with van der Waals surface area (Å²) in [7, 11) is 1.74. The highest BCUT2D eigenvalue weighted by atomic mass is 16.5. The van der Waals surface area contributed by atoms with E-state index in [1.807, 2.05) is 30.3 Å². The Balaban J connectivity index is 1.73. The number of ether oxygens (including phenoxy) is 1. The summed E-state index contributed by atoms with van der Waals surface area (Å²) < 4.78 is 5.36. The molecule has 1 N–H and O–H groups in total. The highest BCUT2D eigenvalue weighted by Crippen LogP contribution is 2.04. The van der Waals surface area contributed by atoms with Gasteiger partial charge in [0.2, 0.25) is 11.8 Å². The summed E-state index contributed by atoms with van der Waals surface area (Å²) >= 11 is 0. The lowest BCUT2D eigenvalue weighted by atomic mass is 10.1. The van der Waals surface area contributed by atoms with E-state index in [4.69, 9.17) is 4.74 Å². The van der Waals surface area contributed by atoms with Gasteiger partial charge in [0.1, 0.15) is 6.61 Å². The van der Waals surface area contributed by atoms with Crippen LogP contribution in [0.4, 0.5) is 0 Å². The predicted octanol–water partition coefficient (Wildman–Crippen LogP) is 0.202. The van der Waals surface area contributed by atoms with Crippen LogP contribution in [0.2, 0.25) is 0 Å². The highest BCUT2D eigenvalue weighted by Gasteiger charge is 2.23. The fourth-order valence-electron chi connectivity index (χ4n) is 1.95. The van der Waals surface area contributed by atoms with Gasteiger partial charge in [-0.15, -0.1) is 0 Å². The molecule has 5 nitrogen and oxygen atoms in total. The molecule has 0 saturated carbocycles. The van der Waals surface area contributed by atoms with Gasteiger partial charge < -0.3 is 15.0 Å². The normalized spacial score (nSPS) is 19.3. The summed E-state index contributed by atoms with van der Waals surface area (Å²) in [6.07, 6.45) is 0.241. The van der Waals surface area contributed by atoms with Crippen LogP contribution < -0.4 is 5.32 Å². The van der Waals surface area contributed by atoms with Gasteiger partial charge in [-0.3, -0.25) is 9.59 Å². The first-order valence-corrected chi connectivity index (χ1v) is 6.31. The number of benzene rings is 1. The van der Waals surface area contributed by atoms with Gasteiger partial charge in [-0.05, 0) is 5.56 Å². The van der Waals surface area contributed by atoms with E-state index in [1.165, 1.54) is 0 Å². The molecule has 0 spiro atoms. The summed E-state index contributed by atoms with van der Waals surface area (Å²) in [5, 5.41) is 2.83. The molecule has 1 aromatic carbocycles. The molecule has 1 aliphatic rings. The molecule has 0 radical (unpaired) electrons. The zero-order chi connectivity index (χ0) is 13.7. The Morgan fingerprint density at radius 3 is 2.84 bits per heavy atom. The molecule has 2 amide bonds. The van der Waals surface area contributed by atoms with Gasteiger partial charge in [0.25, 0.3) is 0 Å². The summed E-state index contributed by atoms with van der Waals surface area (Å²) in [6, 6.07) is 9.58. The maximum Gasteiger partial charge on any atom is 0.248 e. The van der Waals surface area contributed by atoms with Crippen molar-refractivity contribution in [1.29, 1.82) is 0 Å². The van der Waals surface area contributed by atoms with Gasteiger partial charge in [0.05, 0.1) is 12.5 Å². The summed E-state index contributed by atoms with van der Waals surface area (Å²) in [5.41, 5.74) is 0.983. The quantitative estimate of drug-likeness (QED) is 0.843. The average molecular weight is 262 g/mol. The summed E-state index contributed by atoms with van der Waals surface area (Å²) in [4.78, 5) is 24.6. The zero-order valence-electron chi connectivity index (χ0n) is 11.0. The average Bonchev–Trinajstić information content (AvgIpc) is 2.41. The Kier molecular flexibility index (Phi) is 4.52. The van der Waals surface area contributed by atoms with Gasteiger partial charge >= 0.3 is 0 Å². The van der Waals surface area contributed by atoms with Gasteiger partial charge in [0, 0.05) is 20.1 Å². The molecule has 5 heteroatoms. The molecule has 0 aromatic heterocycles. The van der Waals surface area contributed by atoms with E-state index in [-0.39, 0.29) is 24.5 Å². The first-order chi connectivity index (χ1) is 9.15. The molecular formula is C14H18N2O3. The SMILES string of the molecule is CN1CC(CNC(=O)Cc2ccccc2)OCC1=O. The van der Waals surface area contributed by atoms with Crippen LogP contribution in [0.1, 0.15) is 5.56 Å². The van der Waals surface area contributed by atoms with Gasteiger partial charge in [0.15, 0.2) is 0 Å². The zero-order valence-corrected chi connectivity index (χ0v) is 11.0. The van der Waals surface area contributed by atoms with Gasteiger partial charge in [-0.1, -0.05) is 30.3 Å². The van der Waals surface area contributed by atoms with Crippen molar-refractivity contribution in [2.75, 3.05) is 26.7 Å². The van der Waals surface area contributed by atoms with Crippen LogP contribution in [-0.2, 0) is 20.7 Å². The number of hydrogen-bond donors (Lipinski definition) is 1. The lowest BCUT2D eigenvalue weighted by Crippen LogP contribution is -2.48. The molecule has 1 atom stereocenters. The summed E-state index contributed by atoms with van der Waals surface area (Å²) in [6.45, 7) is 1.05. The third-order valence-corrected chi connectivity index (χ3v) is 3.08. The van der Waals surface area contributed by atoms with Crippen LogP contribution in [0.5, 0.6) is 0 Å². The molecule has 2 rings (SSSR count). The lowest BCUT2D eigenvalue weighted by molar-refractivity contribution is -0.146. The van der Waals surface area contributed by atoms with E-state index in [0.717, 1.165) is 5.56 Å². The van der Waals surface area contributed by atoms with E-state index in [9.17, 15) is 9.59 Å². The Morgan fingerprint density at radius 1 is 1.42 bits per heavy atom. The Morgan fingerprint density at radius 2 is 2.16 bits per heavy atom. The number of morpholine rings is 1. The van der Waals surface area contributed by atoms with E-state index >= 15 is 0 Å². The van der Waals surface area contributed by atoms with Crippen LogP contribution in [0.15, 0.2) is 30.3 Å². The molecule has 1 heterocycles. The van der Waals surface area contributed by atoms with Crippen LogP contribution in [0, 0.1) is 0 Å². The topological polar surface area (TPSA) is 58.6 Å². The van der Waals surface area contributed by atoms with Gasteiger partial charge in [-0.25, -0.2) is 0 Å². The van der Waals surface area contributed by atoms with E-state index in [2.05, 4.69) is 5.32 Å². The third-order valence-electron chi connectivity index (χ3n) is 3.08. The van der Waals surface area contributed by atoms with Crippen molar-refractivity contribution in [1.82, 2.24) is 10.2 Å². The second kappa shape index (κ2) is 6.33. The first-order valence-electron chi connectivity index (χ1n) is 6.31. The molecule has 0 aliphatic carbocycles. The summed E-state index contributed by atoms with van der Waals surface area (Å²) in [5.74, 6) is -0.0544. The Labute approximate surface area is 112 Å². The smallest absolute Gasteiger partial charge is 0.248 e. The number of carbonyl (C=O) groups excluding carboxylic acids is 2. The minimum Gasteiger partial charge on any atom is -0.365 e. The highest BCUT2D eigenvalue weighted by molar-refractivity contribution is 5.79. The van der Waals surface area contributed by atoms with Crippen molar-refractivity contribution < 1.29 is 14.3 Å². The molecule has 102 valence electrons. The van der Waals surface area contributed by atoms with Crippen LogP contribution in [-0.4, -0.2) is 49.6 Å². The van der Waals surface area contributed by atoms with Gasteiger partial charge in [-0.2, -0.15) is 0 Å². The Bertz CT molecular complexity index is 447. The minimum absolute atomic E-state index is 0.0214. The molecule has 1 fully saturated rings. The predicted molar refractivity (Wildman–Crippen MR) is 70.5 cm³/mol. The van der Waals surface area contributed by atoms with E-state index in [0.29, 0.717) is 19.5 Å². The number of amides is 2. The number of likely N-dealkylation sites (N-methyl/N-ethyl adjacent to an activating group) is 1. The third kappa shape index (κ3) is 4.06. The number of nitrogens with one attached hydrogen (secondary N) is 1. The molecule has 1 unspecified atom stereocenters. The second-order valence-corrected chi connectivity index (χ2v) is 4.67. The van der Waals surface area contributed by atoms with Crippen molar-refractivity contribution in [2.24, 2.45) is 0 Å². The fraction of sp³-hybridized carbons (Fsp3) is 0.429. The standard InChI is InChI=1S/C14H18N2O3/c1-16-9-12(19-10-14(16)18)8-15-13(17)7-11-5-3-2-4-6-11/h2-6,12H,7-10H2,1H3,(H,15,17). The monoisotopic (exact) mass is 262 g/mol. The first kappa shape index (κ1) is 13.5. The van der Waals surface area contributed by atoms with Crippen molar-refractivity contribution in [3.05, 3.63) is 35.9 Å². The number of carbonyl (C=O) groups is 2. The van der Waals surface area contributed by atoms with Crippen LogP contribution in [0.25, 0.3) is 0 Å². The maximum absolute atomic E-state index is 11.8. The maximum atomic E-state index is 11.8.